The molecule has 0 saturated heterocycles. The third-order valence-corrected chi connectivity index (χ3v) is 6.94. The number of aliphatic imine (C=N–C) groups is 1. The van der Waals surface area contributed by atoms with E-state index in [9.17, 15) is 29.4 Å². The molecule has 0 saturated carbocycles. The minimum atomic E-state index is -0.969. The topological polar surface area (TPSA) is 175 Å². The first-order valence-corrected chi connectivity index (χ1v) is 13.4. The Kier molecular flexibility index (Phi) is 13.9. The van der Waals surface area contributed by atoms with E-state index in [4.69, 9.17) is 5.73 Å². The maximum atomic E-state index is 12.6. The summed E-state index contributed by atoms with van der Waals surface area (Å²) < 4.78 is 0. The Hall–Kier alpha value is -4.73. The van der Waals surface area contributed by atoms with Crippen LogP contribution in [0.5, 0.6) is 0 Å². The lowest BCUT2D eigenvalue weighted by Crippen LogP contribution is -2.23. The summed E-state index contributed by atoms with van der Waals surface area (Å²) in [5, 5.41) is 22.0. The minimum absolute atomic E-state index is 0.121. The van der Waals surface area contributed by atoms with Crippen LogP contribution in [0.25, 0.3) is 0 Å². The molecule has 0 unspecified atom stereocenters. The molecule has 0 aliphatic rings. The molecule has 1 aromatic rings. The second kappa shape index (κ2) is 16.5. The van der Waals surface area contributed by atoms with Crippen molar-refractivity contribution in [2.75, 3.05) is 6.54 Å². The highest BCUT2D eigenvalue weighted by Gasteiger charge is 2.19. The molecule has 42 heavy (non-hydrogen) atoms. The number of allylic oxidation sites excluding steroid dienone is 5. The van der Waals surface area contributed by atoms with E-state index in [0.717, 1.165) is 11.1 Å². The molecule has 1 heterocycles. The molecule has 0 spiro atoms. The van der Waals surface area contributed by atoms with Crippen LogP contribution < -0.4 is 11.1 Å². The van der Waals surface area contributed by atoms with E-state index in [1.165, 1.54) is 12.3 Å². The summed E-state index contributed by atoms with van der Waals surface area (Å²) in [4.78, 5) is 54.6. The molecule has 1 rings (SSSR count). The number of nitrogens with one attached hydrogen (secondary N) is 2. The monoisotopic (exact) mass is 578 g/mol. The van der Waals surface area contributed by atoms with Gasteiger partial charge in [-0.1, -0.05) is 37.5 Å². The Morgan fingerprint density at radius 2 is 1.62 bits per heavy atom. The van der Waals surface area contributed by atoms with E-state index in [2.05, 4.69) is 35.0 Å². The van der Waals surface area contributed by atoms with Crippen molar-refractivity contribution >= 4 is 30.0 Å². The SMILES string of the molecule is C=C/C(C(N)=O)=C(\C)CN/C(Cc1[nH]c(C=NC(=O)/C(C)=C(\C)C=C)c(C)c1CCC(=O)O)=C(/CCC(=O)O)C(=C)C. The molecule has 1 aromatic heterocycles. The number of aromatic amines is 1. The fourth-order valence-electron chi connectivity index (χ4n) is 4.24. The number of hydrogen-bond donors (Lipinski definition) is 5. The Labute approximate surface area is 247 Å². The summed E-state index contributed by atoms with van der Waals surface area (Å²) in [6.45, 7) is 20.3. The van der Waals surface area contributed by atoms with Crippen LogP contribution in [-0.2, 0) is 32.0 Å². The lowest BCUT2D eigenvalue weighted by Gasteiger charge is -2.19. The van der Waals surface area contributed by atoms with Crippen LogP contribution in [-0.4, -0.2) is 51.7 Å². The Morgan fingerprint density at radius 3 is 2.12 bits per heavy atom. The van der Waals surface area contributed by atoms with Crippen molar-refractivity contribution < 1.29 is 29.4 Å². The number of nitrogens with two attached hydrogens (primary N) is 1. The van der Waals surface area contributed by atoms with Crippen molar-refractivity contribution in [3.8, 4) is 0 Å². The van der Waals surface area contributed by atoms with Gasteiger partial charge in [0.2, 0.25) is 5.91 Å². The predicted molar refractivity (Wildman–Crippen MR) is 165 cm³/mol. The van der Waals surface area contributed by atoms with Gasteiger partial charge in [0.25, 0.3) is 5.91 Å². The summed E-state index contributed by atoms with van der Waals surface area (Å²) in [5.41, 5.74) is 12.2. The highest BCUT2D eigenvalue weighted by Crippen LogP contribution is 2.26. The number of carboxylic acids is 2. The largest absolute Gasteiger partial charge is 0.481 e. The van der Waals surface area contributed by atoms with Crippen LogP contribution in [0.15, 0.2) is 76.0 Å². The average molecular weight is 579 g/mol. The van der Waals surface area contributed by atoms with Crippen molar-refractivity contribution in [2.24, 2.45) is 10.7 Å². The molecular formula is C32H42N4O6. The van der Waals surface area contributed by atoms with Crippen molar-refractivity contribution in [3.63, 3.8) is 0 Å². The van der Waals surface area contributed by atoms with E-state index < -0.39 is 23.8 Å². The number of carbonyl (C=O) groups is 4. The zero-order valence-corrected chi connectivity index (χ0v) is 25.1. The van der Waals surface area contributed by atoms with Gasteiger partial charge in [-0.15, -0.1) is 0 Å². The van der Waals surface area contributed by atoms with E-state index >= 15 is 0 Å². The Balaban J connectivity index is 3.73. The zero-order chi connectivity index (χ0) is 32.1. The van der Waals surface area contributed by atoms with E-state index in [1.54, 1.807) is 33.8 Å². The van der Waals surface area contributed by atoms with Gasteiger partial charge >= 0.3 is 11.9 Å². The number of aliphatic carboxylic acids is 2. The van der Waals surface area contributed by atoms with Crippen molar-refractivity contribution in [1.29, 1.82) is 0 Å². The summed E-state index contributed by atoms with van der Waals surface area (Å²) in [6.07, 6.45) is 4.77. The molecule has 0 atom stereocenters. The van der Waals surface area contributed by atoms with Crippen molar-refractivity contribution in [1.82, 2.24) is 10.3 Å². The van der Waals surface area contributed by atoms with Gasteiger partial charge in [0.1, 0.15) is 0 Å². The molecule has 0 bridgehead atoms. The fourth-order valence-corrected chi connectivity index (χ4v) is 4.24. The highest BCUT2D eigenvalue weighted by atomic mass is 16.4. The van der Waals surface area contributed by atoms with Crippen LogP contribution in [0.3, 0.4) is 0 Å². The number of carbonyl (C=O) groups excluding carboxylic acids is 2. The summed E-state index contributed by atoms with van der Waals surface area (Å²) in [6, 6.07) is 0. The second-order valence-corrected chi connectivity index (χ2v) is 10.0. The van der Waals surface area contributed by atoms with Crippen LogP contribution in [0.2, 0.25) is 0 Å². The molecular weight excluding hydrogens is 536 g/mol. The normalized spacial score (nSPS) is 13.1. The van der Waals surface area contributed by atoms with Gasteiger partial charge in [0.15, 0.2) is 0 Å². The third-order valence-electron chi connectivity index (χ3n) is 6.94. The first kappa shape index (κ1) is 35.3. The quantitative estimate of drug-likeness (QED) is 0.102. The summed E-state index contributed by atoms with van der Waals surface area (Å²) in [7, 11) is 0. The van der Waals surface area contributed by atoms with Crippen LogP contribution in [0.4, 0.5) is 0 Å². The fraction of sp³-hybridized carbons (Fsp3) is 0.344. The number of rotatable bonds is 17. The Morgan fingerprint density at radius 1 is 1.00 bits per heavy atom. The van der Waals surface area contributed by atoms with E-state index in [1.807, 2.05) is 6.92 Å². The van der Waals surface area contributed by atoms with Crippen molar-refractivity contribution in [2.45, 2.75) is 66.7 Å². The molecule has 0 aliphatic carbocycles. The predicted octanol–water partition coefficient (Wildman–Crippen LogP) is 4.62. The average Bonchev–Trinajstić information content (AvgIpc) is 3.21. The lowest BCUT2D eigenvalue weighted by atomic mass is 9.96. The number of nitrogens with zero attached hydrogens (tertiary/aromatic N) is 1. The number of H-pyrrole nitrogens is 1. The van der Waals surface area contributed by atoms with Gasteiger partial charge in [-0.05, 0) is 75.3 Å². The molecule has 226 valence electrons. The minimum Gasteiger partial charge on any atom is -0.481 e. The van der Waals surface area contributed by atoms with Gasteiger partial charge in [-0.25, -0.2) is 4.99 Å². The van der Waals surface area contributed by atoms with Crippen LogP contribution >= 0.6 is 0 Å². The van der Waals surface area contributed by atoms with Crippen LogP contribution in [0, 0.1) is 6.92 Å². The van der Waals surface area contributed by atoms with Gasteiger partial charge in [-0.2, -0.15) is 0 Å². The maximum absolute atomic E-state index is 12.6. The number of amides is 2. The second-order valence-electron chi connectivity index (χ2n) is 10.0. The number of hydrogen-bond acceptors (Lipinski definition) is 5. The first-order chi connectivity index (χ1) is 19.6. The lowest BCUT2D eigenvalue weighted by molar-refractivity contribution is -0.138. The molecule has 0 aliphatic heterocycles. The molecule has 10 heteroatoms. The molecule has 0 aromatic carbocycles. The molecule has 2 amide bonds. The number of primary amides is 1. The molecule has 0 fully saturated rings. The van der Waals surface area contributed by atoms with Gasteiger partial charge in [0, 0.05) is 48.3 Å². The van der Waals surface area contributed by atoms with Gasteiger partial charge < -0.3 is 26.2 Å². The van der Waals surface area contributed by atoms with E-state index in [0.29, 0.717) is 45.0 Å². The molecule has 10 nitrogen and oxygen atoms in total. The summed E-state index contributed by atoms with van der Waals surface area (Å²) in [5.74, 6) is -2.98. The smallest absolute Gasteiger partial charge is 0.303 e. The van der Waals surface area contributed by atoms with Crippen LogP contribution in [0.1, 0.15) is 69.5 Å². The standard InChI is InChI=1S/C32H42N4O6/c1-9-19(5)21(7)32(42)35-17-28-22(8)25(12-14-30(39)40)27(36-28)15-26(24(18(3)4)11-13-29(37)38)34-16-20(6)23(10-2)31(33)41/h9-10,17,34,36H,1-3,11-16H2,4-8H3,(H2,33,41)(H,37,38)(H,39,40)/b21-19+,23-20-,26-24-,35-17?. The zero-order valence-electron chi connectivity index (χ0n) is 25.1. The molecule has 6 N–H and O–H groups in total. The number of carboxylic acid groups (broad SMARTS) is 2. The maximum Gasteiger partial charge on any atom is 0.303 e. The third kappa shape index (κ3) is 10.3. The van der Waals surface area contributed by atoms with Gasteiger partial charge in [0.05, 0.1) is 11.9 Å². The first-order valence-electron chi connectivity index (χ1n) is 13.4. The number of aromatic nitrogens is 1. The van der Waals surface area contributed by atoms with E-state index in [-0.39, 0.29) is 44.2 Å². The Bertz CT molecular complexity index is 1400. The highest BCUT2D eigenvalue weighted by molar-refractivity contribution is 6.01. The van der Waals surface area contributed by atoms with Gasteiger partial charge in [-0.3, -0.25) is 19.2 Å². The summed E-state index contributed by atoms with van der Waals surface area (Å²) >= 11 is 0. The van der Waals surface area contributed by atoms with Crippen molar-refractivity contribution in [3.05, 3.63) is 93.5 Å². The molecule has 0 radical (unpaired) electrons.